The molecule has 0 rings (SSSR count). The first-order chi connectivity index (χ1) is 20.4. The molecule has 0 aliphatic heterocycles. The quantitative estimate of drug-likeness (QED) is 0.0357. The molecule has 2 unspecified atom stereocenters. The van der Waals surface area contributed by atoms with Gasteiger partial charge in [-0.05, 0) is 31.1 Å². The second-order valence-electron chi connectivity index (χ2n) is 13.2. The summed E-state index contributed by atoms with van der Waals surface area (Å²) < 4.78 is 35.5. The second kappa shape index (κ2) is 27.3. The number of amides is 1. The van der Waals surface area contributed by atoms with Crippen LogP contribution in [0.15, 0.2) is 12.2 Å². The lowest BCUT2D eigenvalue weighted by atomic mass is 10.0. The molecule has 9 heteroatoms. The molecular weight excluding hydrogens is 566 g/mol. The van der Waals surface area contributed by atoms with Gasteiger partial charge in [-0.15, -0.1) is 0 Å². The first-order valence-electron chi connectivity index (χ1n) is 17.4. The highest BCUT2D eigenvalue weighted by Crippen LogP contribution is 2.15. The Hall–Kier alpha value is -1.00. The third kappa shape index (κ3) is 29.5. The van der Waals surface area contributed by atoms with E-state index < -0.39 is 41.2 Å². The molecule has 0 aromatic heterocycles. The Bertz CT molecular complexity index is 786. The summed E-state index contributed by atoms with van der Waals surface area (Å²) in [5.41, 5.74) is 0. The van der Waals surface area contributed by atoms with Crippen LogP contribution in [0.25, 0.3) is 0 Å². The van der Waals surface area contributed by atoms with E-state index >= 15 is 0 Å². The van der Waals surface area contributed by atoms with Crippen LogP contribution >= 0.6 is 0 Å². The minimum Gasteiger partial charge on any atom is -0.387 e. The number of unbranched alkanes of at least 4 members (excludes halogenated alkanes) is 16. The van der Waals surface area contributed by atoms with Crippen LogP contribution in [0.2, 0.25) is 0 Å². The van der Waals surface area contributed by atoms with E-state index in [2.05, 4.69) is 37.2 Å². The zero-order valence-corrected chi connectivity index (χ0v) is 28.8. The lowest BCUT2D eigenvalue weighted by Crippen LogP contribution is -2.49. The number of allylic oxidation sites excluding steroid dienone is 1. The largest absolute Gasteiger partial charge is 0.397 e. The van der Waals surface area contributed by atoms with Crippen molar-refractivity contribution in [2.24, 2.45) is 11.8 Å². The van der Waals surface area contributed by atoms with Gasteiger partial charge in [-0.3, -0.25) is 9.35 Å². The lowest BCUT2D eigenvalue weighted by Gasteiger charge is -2.23. The van der Waals surface area contributed by atoms with Gasteiger partial charge in [0.1, 0.15) is 6.10 Å². The highest BCUT2D eigenvalue weighted by atomic mass is 32.3. The van der Waals surface area contributed by atoms with E-state index in [9.17, 15) is 23.4 Å². The third-order valence-electron chi connectivity index (χ3n) is 7.93. The zero-order chi connectivity index (χ0) is 32.3. The fourth-order valence-electron chi connectivity index (χ4n) is 5.17. The van der Waals surface area contributed by atoms with E-state index in [0.717, 1.165) is 50.4 Å². The molecule has 0 aliphatic carbocycles. The molecule has 0 aliphatic rings. The minimum atomic E-state index is -4.74. The number of carbonyl (C=O) groups excluding carboxylic acids is 1. The fourth-order valence-corrected chi connectivity index (χ4v) is 5.49. The first kappa shape index (κ1) is 42.0. The zero-order valence-electron chi connectivity index (χ0n) is 28.0. The van der Waals surface area contributed by atoms with Crippen LogP contribution < -0.4 is 5.32 Å². The van der Waals surface area contributed by atoms with E-state index in [-0.39, 0.29) is 6.42 Å². The maximum atomic E-state index is 12.5. The summed E-state index contributed by atoms with van der Waals surface area (Å²) in [5.74, 6) is 0.870. The second-order valence-corrected chi connectivity index (χ2v) is 14.3. The van der Waals surface area contributed by atoms with Crippen molar-refractivity contribution in [2.45, 2.75) is 181 Å². The van der Waals surface area contributed by atoms with Crippen LogP contribution in [0.4, 0.5) is 0 Å². The Morgan fingerprint density at radius 2 is 1.07 bits per heavy atom. The molecular formula is C34H67NO7S. The van der Waals surface area contributed by atoms with E-state index in [1.807, 2.05) is 6.08 Å². The molecule has 256 valence electrons. The predicted octanol–water partition coefficient (Wildman–Crippen LogP) is 8.07. The number of aliphatic hydroxyl groups is 2. The number of hydrogen-bond donors (Lipinski definition) is 4. The van der Waals surface area contributed by atoms with Gasteiger partial charge in [0.05, 0.1) is 18.8 Å². The maximum Gasteiger partial charge on any atom is 0.397 e. The number of nitrogens with one attached hydrogen (secondary N) is 1. The summed E-state index contributed by atoms with van der Waals surface area (Å²) >= 11 is 0. The van der Waals surface area contributed by atoms with Crippen LogP contribution in [-0.2, 0) is 19.4 Å². The van der Waals surface area contributed by atoms with E-state index in [1.165, 1.54) is 89.5 Å². The summed E-state index contributed by atoms with van der Waals surface area (Å²) in [4.78, 5) is 12.5. The maximum absolute atomic E-state index is 12.5. The van der Waals surface area contributed by atoms with Gasteiger partial charge >= 0.3 is 10.4 Å². The first-order valence-corrected chi connectivity index (χ1v) is 18.7. The Labute approximate surface area is 264 Å². The van der Waals surface area contributed by atoms with Crippen LogP contribution in [0.1, 0.15) is 163 Å². The van der Waals surface area contributed by atoms with Gasteiger partial charge in [-0.25, -0.2) is 4.18 Å². The number of hydrogen-bond acceptors (Lipinski definition) is 6. The van der Waals surface area contributed by atoms with Crippen molar-refractivity contribution in [3.63, 3.8) is 0 Å². The van der Waals surface area contributed by atoms with Crippen molar-refractivity contribution >= 4 is 16.3 Å². The standard InChI is InChI=1S/C34H67NO7S/c1-29(2)24-20-16-12-8-6-5-7-9-14-18-22-26-32(36)31(28-42-43(39,40)41)35-34(38)33(37)27-23-19-15-11-10-13-17-21-25-30(3)4/h22,26,29-33,36-37H,5-21,23-25,27-28H2,1-4H3,(H,35,38)(H,39,40,41)/b26-22+/t31?,32?,33-/m1/s1. The SMILES string of the molecule is CC(C)CCCCCCCCCCC/C=C/C(O)C(COS(=O)(=O)O)NC(=O)[C@H](O)CCCCCCCCCCC(C)C. The molecule has 0 saturated heterocycles. The molecule has 43 heavy (non-hydrogen) atoms. The Morgan fingerprint density at radius 3 is 1.49 bits per heavy atom. The van der Waals surface area contributed by atoms with Gasteiger partial charge in [0, 0.05) is 0 Å². The van der Waals surface area contributed by atoms with Gasteiger partial charge in [0.2, 0.25) is 5.91 Å². The molecule has 4 N–H and O–H groups in total. The van der Waals surface area contributed by atoms with Crippen molar-refractivity contribution in [1.82, 2.24) is 5.32 Å². The van der Waals surface area contributed by atoms with Crippen molar-refractivity contribution in [1.29, 1.82) is 0 Å². The van der Waals surface area contributed by atoms with Crippen LogP contribution in [-0.4, -0.2) is 53.9 Å². The van der Waals surface area contributed by atoms with Crippen molar-refractivity contribution in [3.05, 3.63) is 12.2 Å². The summed E-state index contributed by atoms with van der Waals surface area (Å²) in [7, 11) is -4.74. The highest BCUT2D eigenvalue weighted by molar-refractivity contribution is 7.80. The molecule has 0 bridgehead atoms. The van der Waals surface area contributed by atoms with Crippen molar-refractivity contribution in [2.75, 3.05) is 6.61 Å². The molecule has 0 saturated carbocycles. The highest BCUT2D eigenvalue weighted by Gasteiger charge is 2.25. The number of carbonyl (C=O) groups is 1. The van der Waals surface area contributed by atoms with Gasteiger partial charge < -0.3 is 15.5 Å². The fraction of sp³-hybridized carbons (Fsp3) is 0.912. The van der Waals surface area contributed by atoms with Gasteiger partial charge in [0.25, 0.3) is 0 Å². The molecule has 0 spiro atoms. The Morgan fingerprint density at radius 1 is 0.674 bits per heavy atom. The molecule has 0 radical (unpaired) electrons. The molecule has 1 amide bonds. The molecule has 0 fully saturated rings. The van der Waals surface area contributed by atoms with Crippen LogP contribution in [0.5, 0.6) is 0 Å². The summed E-state index contributed by atoms with van der Waals surface area (Å²) in [6.45, 7) is 8.41. The van der Waals surface area contributed by atoms with Crippen molar-refractivity contribution in [3.8, 4) is 0 Å². The van der Waals surface area contributed by atoms with Gasteiger partial charge in [-0.2, -0.15) is 8.42 Å². The topological polar surface area (TPSA) is 133 Å². The molecule has 0 aromatic carbocycles. The average Bonchev–Trinajstić information content (AvgIpc) is 2.93. The number of aliphatic hydroxyl groups excluding tert-OH is 2. The molecule has 3 atom stereocenters. The van der Waals surface area contributed by atoms with E-state index in [0.29, 0.717) is 6.42 Å². The number of rotatable bonds is 30. The predicted molar refractivity (Wildman–Crippen MR) is 177 cm³/mol. The van der Waals surface area contributed by atoms with Crippen LogP contribution in [0, 0.1) is 11.8 Å². The summed E-state index contributed by atoms with van der Waals surface area (Å²) in [5, 5.41) is 23.4. The average molecular weight is 634 g/mol. The summed E-state index contributed by atoms with van der Waals surface area (Å²) in [6, 6.07) is -1.13. The smallest absolute Gasteiger partial charge is 0.387 e. The Balaban J connectivity index is 4.25. The van der Waals surface area contributed by atoms with Gasteiger partial charge in [-0.1, -0.05) is 155 Å². The monoisotopic (exact) mass is 633 g/mol. The van der Waals surface area contributed by atoms with Crippen LogP contribution in [0.3, 0.4) is 0 Å². The lowest BCUT2D eigenvalue weighted by molar-refractivity contribution is -0.131. The molecule has 0 heterocycles. The van der Waals surface area contributed by atoms with E-state index in [1.54, 1.807) is 0 Å². The van der Waals surface area contributed by atoms with Gasteiger partial charge in [0.15, 0.2) is 0 Å². The minimum absolute atomic E-state index is 0.288. The molecule has 0 aromatic rings. The van der Waals surface area contributed by atoms with E-state index in [4.69, 9.17) is 4.55 Å². The third-order valence-corrected chi connectivity index (χ3v) is 8.37. The summed E-state index contributed by atoms with van der Waals surface area (Å²) in [6.07, 6.45) is 24.4. The normalized spacial score (nSPS) is 14.5. The van der Waals surface area contributed by atoms with Crippen molar-refractivity contribution < 1.29 is 32.2 Å². The Kier molecular flexibility index (Phi) is 26.7. The molecule has 8 nitrogen and oxygen atoms in total.